The van der Waals surface area contributed by atoms with Crippen molar-refractivity contribution in [1.29, 1.82) is 0 Å². The monoisotopic (exact) mass is 555 g/mol. The number of carbonyl (C=O) groups is 1. The lowest BCUT2D eigenvalue weighted by molar-refractivity contribution is 0.0566. The van der Waals surface area contributed by atoms with Gasteiger partial charge in [-0.2, -0.15) is 13.9 Å². The third-order valence-corrected chi connectivity index (χ3v) is 6.39. The third-order valence-electron chi connectivity index (χ3n) is 6.39. The van der Waals surface area contributed by atoms with Gasteiger partial charge in [0.2, 0.25) is 0 Å². The quantitative estimate of drug-likeness (QED) is 0.288. The predicted octanol–water partition coefficient (Wildman–Crippen LogP) is 4.35. The van der Waals surface area contributed by atoms with Gasteiger partial charge in [-0.15, -0.1) is 0 Å². The number of alkyl halides is 2. The van der Waals surface area contributed by atoms with Crippen LogP contribution in [-0.4, -0.2) is 67.2 Å². The highest BCUT2D eigenvalue weighted by molar-refractivity contribution is 5.89. The maximum atomic E-state index is 14.9. The highest BCUT2D eigenvalue weighted by atomic mass is 19.3. The number of aromatic carboxylic acids is 1. The van der Waals surface area contributed by atoms with Crippen LogP contribution >= 0.6 is 0 Å². The van der Waals surface area contributed by atoms with Gasteiger partial charge in [0, 0.05) is 48.9 Å². The minimum absolute atomic E-state index is 0.0488. The van der Waals surface area contributed by atoms with Gasteiger partial charge in [-0.3, -0.25) is 0 Å². The van der Waals surface area contributed by atoms with Gasteiger partial charge in [-0.05, 0) is 31.0 Å². The van der Waals surface area contributed by atoms with E-state index in [1.54, 1.807) is 6.07 Å². The van der Waals surface area contributed by atoms with Gasteiger partial charge in [-0.25, -0.2) is 28.8 Å². The number of methoxy groups -OCH3 is 1. The van der Waals surface area contributed by atoms with Gasteiger partial charge in [0.1, 0.15) is 23.2 Å². The Labute approximate surface area is 225 Å². The van der Waals surface area contributed by atoms with Crippen LogP contribution in [0.1, 0.15) is 29.7 Å². The molecule has 0 amide bonds. The van der Waals surface area contributed by atoms with Crippen LogP contribution in [0.25, 0.3) is 22.5 Å². The number of aromatic nitrogens is 5. The van der Waals surface area contributed by atoms with E-state index in [1.807, 2.05) is 4.90 Å². The number of carboxylic acid groups (broad SMARTS) is 1. The van der Waals surface area contributed by atoms with E-state index in [0.717, 1.165) is 12.5 Å². The number of benzene rings is 1. The Bertz CT molecular complexity index is 1550. The molecule has 4 heterocycles. The van der Waals surface area contributed by atoms with E-state index in [2.05, 4.69) is 25.4 Å². The fourth-order valence-electron chi connectivity index (χ4n) is 4.52. The fourth-order valence-corrected chi connectivity index (χ4v) is 4.52. The Morgan fingerprint density at radius 2 is 2.02 bits per heavy atom. The van der Waals surface area contributed by atoms with Gasteiger partial charge < -0.3 is 25.2 Å². The number of aliphatic hydroxyl groups is 1. The second-order valence-electron chi connectivity index (χ2n) is 9.05. The van der Waals surface area contributed by atoms with Crippen LogP contribution < -0.4 is 15.0 Å². The van der Waals surface area contributed by atoms with E-state index >= 15 is 0 Å². The molecule has 1 aliphatic heterocycles. The van der Waals surface area contributed by atoms with Crippen LogP contribution in [0.3, 0.4) is 0 Å². The Morgan fingerprint density at radius 3 is 2.73 bits per heavy atom. The first-order valence-electron chi connectivity index (χ1n) is 12.2. The summed E-state index contributed by atoms with van der Waals surface area (Å²) < 4.78 is 47.0. The number of aliphatic hydroxyl groups excluding tert-OH is 1. The maximum Gasteiger partial charge on any atom is 0.335 e. The third kappa shape index (κ3) is 5.52. The van der Waals surface area contributed by atoms with Gasteiger partial charge in [0.25, 0.3) is 0 Å². The molecule has 1 atom stereocenters. The molecule has 0 spiro atoms. The zero-order valence-corrected chi connectivity index (χ0v) is 21.1. The molecule has 4 aromatic rings. The topological polar surface area (TPSA) is 139 Å². The van der Waals surface area contributed by atoms with E-state index in [0.29, 0.717) is 46.8 Å². The molecule has 3 N–H and O–H groups in total. The van der Waals surface area contributed by atoms with Crippen molar-refractivity contribution in [3.63, 3.8) is 0 Å². The summed E-state index contributed by atoms with van der Waals surface area (Å²) in [6.07, 6.45) is 6.32. The van der Waals surface area contributed by atoms with E-state index in [9.17, 15) is 28.2 Å². The van der Waals surface area contributed by atoms with Gasteiger partial charge in [-0.1, -0.05) is 0 Å². The summed E-state index contributed by atoms with van der Waals surface area (Å²) in [7, 11) is 1.28. The standard InChI is InChI=1S/C26H24F3N7O4/c1-40-20-8-14(25(38)39)7-18(27)23(20)24-30-5-4-21(34-24)33-22-9-19(35-6-2-3-16(37)13-35)17(11-31-22)15-10-32-36(12-15)26(28)29/h4-5,7-12,16,26,37H,2-3,6,13H2,1H3,(H,38,39)(H,30,31,33,34)/t16-/m0/s1. The second-order valence-corrected chi connectivity index (χ2v) is 9.05. The molecule has 208 valence electrons. The zero-order chi connectivity index (χ0) is 28.4. The number of β-amino-alcohol motifs (C(OH)–C–C–N with tert-alkyl or cyclic N) is 1. The second kappa shape index (κ2) is 11.2. The van der Waals surface area contributed by atoms with Crippen molar-refractivity contribution in [2.24, 2.45) is 0 Å². The van der Waals surface area contributed by atoms with E-state index < -0.39 is 24.4 Å². The van der Waals surface area contributed by atoms with Crippen molar-refractivity contribution in [3.05, 3.63) is 60.4 Å². The van der Waals surface area contributed by atoms with Crippen molar-refractivity contribution < 1.29 is 32.9 Å². The summed E-state index contributed by atoms with van der Waals surface area (Å²) in [6, 6.07) is 5.28. The average molecular weight is 556 g/mol. The molecule has 0 radical (unpaired) electrons. The van der Waals surface area contributed by atoms with Gasteiger partial charge in [0.15, 0.2) is 5.82 Å². The number of nitrogens with one attached hydrogen (secondary N) is 1. The predicted molar refractivity (Wildman–Crippen MR) is 138 cm³/mol. The Morgan fingerprint density at radius 1 is 1.20 bits per heavy atom. The highest BCUT2D eigenvalue weighted by Crippen LogP contribution is 2.36. The number of rotatable bonds is 8. The first kappa shape index (κ1) is 26.9. The molecular formula is C26H24F3N7O4. The number of halogens is 3. The maximum absolute atomic E-state index is 14.9. The first-order valence-corrected chi connectivity index (χ1v) is 12.2. The molecule has 1 aromatic carbocycles. The molecule has 0 aliphatic carbocycles. The van der Waals surface area contributed by atoms with Crippen LogP contribution in [-0.2, 0) is 0 Å². The molecule has 14 heteroatoms. The molecule has 0 unspecified atom stereocenters. The Kier molecular flexibility index (Phi) is 7.51. The molecule has 1 fully saturated rings. The van der Waals surface area contributed by atoms with Crippen molar-refractivity contribution in [3.8, 4) is 28.3 Å². The number of ether oxygens (including phenoxy) is 1. The summed E-state index contributed by atoms with van der Waals surface area (Å²) in [5.41, 5.74) is 1.24. The lowest BCUT2D eigenvalue weighted by Crippen LogP contribution is -2.38. The van der Waals surface area contributed by atoms with E-state index in [4.69, 9.17) is 4.74 Å². The number of pyridine rings is 1. The van der Waals surface area contributed by atoms with E-state index in [-0.39, 0.29) is 28.5 Å². The summed E-state index contributed by atoms with van der Waals surface area (Å²) in [4.78, 5) is 26.1. The number of nitrogens with zero attached hydrogens (tertiary/aromatic N) is 6. The number of hydrogen-bond acceptors (Lipinski definition) is 9. The SMILES string of the molecule is COc1cc(C(=O)O)cc(F)c1-c1nccc(Nc2cc(N3CCC[C@H](O)C3)c(-c3cnn(C(F)F)c3)cn2)n1. The minimum Gasteiger partial charge on any atom is -0.496 e. The van der Waals surface area contributed by atoms with Crippen molar-refractivity contribution in [2.45, 2.75) is 25.5 Å². The summed E-state index contributed by atoms with van der Waals surface area (Å²) in [5.74, 6) is -1.68. The molecule has 1 saturated heterocycles. The number of anilines is 3. The van der Waals surface area contributed by atoms with Crippen molar-refractivity contribution in [2.75, 3.05) is 30.4 Å². The zero-order valence-electron chi connectivity index (χ0n) is 21.1. The summed E-state index contributed by atoms with van der Waals surface area (Å²) >= 11 is 0. The lowest BCUT2D eigenvalue weighted by atomic mass is 10.0. The fraction of sp³-hybridized carbons (Fsp3) is 0.269. The van der Waals surface area contributed by atoms with Crippen LogP contribution in [0.2, 0.25) is 0 Å². The number of carboxylic acids is 1. The molecule has 11 nitrogen and oxygen atoms in total. The molecule has 0 saturated carbocycles. The minimum atomic E-state index is -2.79. The van der Waals surface area contributed by atoms with Crippen molar-refractivity contribution in [1.82, 2.24) is 24.7 Å². The first-order chi connectivity index (χ1) is 19.2. The molecule has 3 aromatic heterocycles. The van der Waals surface area contributed by atoms with E-state index in [1.165, 1.54) is 44.0 Å². The molecule has 0 bridgehead atoms. The van der Waals surface area contributed by atoms with Gasteiger partial charge in [0.05, 0.1) is 36.2 Å². The van der Waals surface area contributed by atoms with Crippen LogP contribution in [0.5, 0.6) is 5.75 Å². The average Bonchev–Trinajstić information content (AvgIpc) is 3.43. The molecule has 5 rings (SSSR count). The van der Waals surface area contributed by atoms with Crippen LogP contribution in [0, 0.1) is 5.82 Å². The number of hydrogen-bond donors (Lipinski definition) is 3. The highest BCUT2D eigenvalue weighted by Gasteiger charge is 2.23. The van der Waals surface area contributed by atoms with Crippen molar-refractivity contribution >= 4 is 23.3 Å². The number of piperidine rings is 1. The van der Waals surface area contributed by atoms with Crippen LogP contribution in [0.15, 0.2) is 49.1 Å². The largest absolute Gasteiger partial charge is 0.496 e. The van der Waals surface area contributed by atoms with Crippen LogP contribution in [0.4, 0.5) is 30.5 Å². The Balaban J connectivity index is 1.50. The lowest BCUT2D eigenvalue weighted by Gasteiger charge is -2.33. The molecule has 40 heavy (non-hydrogen) atoms. The Hall–Kier alpha value is -4.72. The summed E-state index contributed by atoms with van der Waals surface area (Å²) in [6.45, 7) is -1.80. The van der Waals surface area contributed by atoms with Gasteiger partial charge >= 0.3 is 12.5 Å². The normalized spacial score (nSPS) is 15.3. The summed E-state index contributed by atoms with van der Waals surface area (Å²) in [5, 5.41) is 26.2. The molecule has 1 aliphatic rings. The molecular weight excluding hydrogens is 531 g/mol. The smallest absolute Gasteiger partial charge is 0.335 e.